The molecule has 4 heteroatoms. The van der Waals surface area contributed by atoms with Gasteiger partial charge in [0, 0.05) is 32.1 Å². The van der Waals surface area contributed by atoms with E-state index in [1.54, 1.807) is 0 Å². The number of morpholine rings is 1. The van der Waals surface area contributed by atoms with Gasteiger partial charge in [-0.3, -0.25) is 4.79 Å². The second kappa shape index (κ2) is 5.98. The normalized spacial score (nSPS) is 17.5. The van der Waals surface area contributed by atoms with Gasteiger partial charge in [0.1, 0.15) is 0 Å². The second-order valence-electron chi connectivity index (χ2n) is 3.85. The van der Waals surface area contributed by atoms with E-state index in [9.17, 15) is 4.79 Å². The van der Waals surface area contributed by atoms with E-state index in [4.69, 9.17) is 4.74 Å². The molecular formula is C10H20N2O2. The van der Waals surface area contributed by atoms with Gasteiger partial charge in [-0.25, -0.2) is 0 Å². The van der Waals surface area contributed by atoms with Crippen molar-refractivity contribution in [2.24, 2.45) is 0 Å². The summed E-state index contributed by atoms with van der Waals surface area (Å²) < 4.78 is 5.18. The standard InChI is InChI=1S/C10H20N2O2/c1-9(2)11-4-3-10(13)12-5-7-14-8-6-12/h9,11H,3-8H2,1-2H3. The maximum atomic E-state index is 11.6. The fraction of sp³-hybridized carbons (Fsp3) is 0.900. The number of carbonyl (C=O) groups is 1. The van der Waals surface area contributed by atoms with Crippen molar-refractivity contribution in [2.75, 3.05) is 32.8 Å². The molecule has 0 aromatic carbocycles. The van der Waals surface area contributed by atoms with Crippen LogP contribution in [0.5, 0.6) is 0 Å². The maximum Gasteiger partial charge on any atom is 0.224 e. The molecule has 0 radical (unpaired) electrons. The molecule has 0 aromatic heterocycles. The van der Waals surface area contributed by atoms with Crippen LogP contribution < -0.4 is 5.32 Å². The molecule has 1 amide bonds. The average molecular weight is 200 g/mol. The molecule has 1 rings (SSSR count). The van der Waals surface area contributed by atoms with Crippen LogP contribution in [-0.4, -0.2) is 49.7 Å². The molecule has 0 spiro atoms. The van der Waals surface area contributed by atoms with Gasteiger partial charge in [-0.2, -0.15) is 0 Å². The Bertz CT molecular complexity index is 177. The molecule has 1 N–H and O–H groups in total. The lowest BCUT2D eigenvalue weighted by molar-refractivity contribution is -0.135. The van der Waals surface area contributed by atoms with E-state index < -0.39 is 0 Å². The van der Waals surface area contributed by atoms with Gasteiger partial charge in [-0.1, -0.05) is 13.8 Å². The number of hydrogen-bond donors (Lipinski definition) is 1. The molecule has 0 aliphatic carbocycles. The molecular weight excluding hydrogens is 180 g/mol. The van der Waals surface area contributed by atoms with Crippen molar-refractivity contribution in [3.63, 3.8) is 0 Å². The molecule has 1 heterocycles. The number of amides is 1. The van der Waals surface area contributed by atoms with E-state index >= 15 is 0 Å². The summed E-state index contributed by atoms with van der Waals surface area (Å²) in [5.41, 5.74) is 0. The number of hydrogen-bond acceptors (Lipinski definition) is 3. The Morgan fingerprint density at radius 1 is 1.43 bits per heavy atom. The molecule has 0 unspecified atom stereocenters. The molecule has 14 heavy (non-hydrogen) atoms. The first-order valence-corrected chi connectivity index (χ1v) is 5.29. The highest BCUT2D eigenvalue weighted by molar-refractivity contribution is 5.76. The lowest BCUT2D eigenvalue weighted by Gasteiger charge is -2.27. The minimum absolute atomic E-state index is 0.237. The highest BCUT2D eigenvalue weighted by atomic mass is 16.5. The van der Waals surface area contributed by atoms with E-state index in [1.807, 2.05) is 4.90 Å². The number of carbonyl (C=O) groups excluding carboxylic acids is 1. The second-order valence-corrected chi connectivity index (χ2v) is 3.85. The van der Waals surface area contributed by atoms with Gasteiger partial charge in [-0.15, -0.1) is 0 Å². The van der Waals surface area contributed by atoms with E-state index in [0.29, 0.717) is 25.7 Å². The fourth-order valence-corrected chi connectivity index (χ4v) is 1.44. The van der Waals surface area contributed by atoms with E-state index in [-0.39, 0.29) is 5.91 Å². The van der Waals surface area contributed by atoms with Gasteiger partial charge >= 0.3 is 0 Å². The Labute approximate surface area is 85.6 Å². The average Bonchev–Trinajstić information content (AvgIpc) is 2.18. The Morgan fingerprint density at radius 3 is 2.64 bits per heavy atom. The molecule has 0 atom stereocenters. The van der Waals surface area contributed by atoms with Crippen LogP contribution in [-0.2, 0) is 9.53 Å². The van der Waals surface area contributed by atoms with Gasteiger partial charge in [0.2, 0.25) is 5.91 Å². The summed E-state index contributed by atoms with van der Waals surface area (Å²) in [7, 11) is 0. The summed E-state index contributed by atoms with van der Waals surface area (Å²) in [5, 5.41) is 3.24. The molecule has 0 bridgehead atoms. The highest BCUT2D eigenvalue weighted by Gasteiger charge is 2.15. The molecule has 1 fully saturated rings. The summed E-state index contributed by atoms with van der Waals surface area (Å²) in [5.74, 6) is 0.237. The quantitative estimate of drug-likeness (QED) is 0.706. The van der Waals surface area contributed by atoms with E-state index in [1.165, 1.54) is 0 Å². The van der Waals surface area contributed by atoms with Gasteiger partial charge in [0.25, 0.3) is 0 Å². The minimum Gasteiger partial charge on any atom is -0.378 e. The Balaban J connectivity index is 2.13. The van der Waals surface area contributed by atoms with Gasteiger partial charge in [0.15, 0.2) is 0 Å². The Morgan fingerprint density at radius 2 is 2.07 bits per heavy atom. The van der Waals surface area contributed by atoms with Crippen LogP contribution in [0.4, 0.5) is 0 Å². The van der Waals surface area contributed by atoms with Crippen LogP contribution in [0.2, 0.25) is 0 Å². The minimum atomic E-state index is 0.237. The summed E-state index contributed by atoms with van der Waals surface area (Å²) in [6.07, 6.45) is 0.595. The lowest BCUT2D eigenvalue weighted by atomic mass is 10.3. The number of nitrogens with one attached hydrogen (secondary N) is 1. The number of ether oxygens (including phenoxy) is 1. The first kappa shape index (κ1) is 11.5. The SMILES string of the molecule is CC(C)NCCC(=O)N1CCOCC1. The third-order valence-electron chi connectivity index (χ3n) is 2.26. The van der Waals surface area contributed by atoms with Crippen LogP contribution >= 0.6 is 0 Å². The molecule has 1 saturated heterocycles. The molecule has 1 aliphatic heterocycles. The molecule has 0 saturated carbocycles. The van der Waals surface area contributed by atoms with Crippen LogP contribution in [0.25, 0.3) is 0 Å². The number of rotatable bonds is 4. The van der Waals surface area contributed by atoms with Crippen molar-refractivity contribution in [3.8, 4) is 0 Å². The van der Waals surface area contributed by atoms with E-state index in [2.05, 4.69) is 19.2 Å². The predicted molar refractivity (Wildman–Crippen MR) is 55.2 cm³/mol. The van der Waals surface area contributed by atoms with Crippen molar-refractivity contribution >= 4 is 5.91 Å². The van der Waals surface area contributed by atoms with Crippen molar-refractivity contribution < 1.29 is 9.53 Å². The van der Waals surface area contributed by atoms with Gasteiger partial charge in [0.05, 0.1) is 13.2 Å². The fourth-order valence-electron chi connectivity index (χ4n) is 1.44. The third kappa shape index (κ3) is 4.07. The molecule has 82 valence electrons. The molecule has 4 nitrogen and oxygen atoms in total. The van der Waals surface area contributed by atoms with Crippen LogP contribution in [0.15, 0.2) is 0 Å². The topological polar surface area (TPSA) is 41.6 Å². The third-order valence-corrected chi connectivity index (χ3v) is 2.26. The predicted octanol–water partition coefficient (Wildman–Crippen LogP) is 0.233. The Hall–Kier alpha value is -0.610. The van der Waals surface area contributed by atoms with Crippen LogP contribution in [0.3, 0.4) is 0 Å². The van der Waals surface area contributed by atoms with Gasteiger partial charge in [-0.05, 0) is 0 Å². The molecule has 1 aliphatic rings. The van der Waals surface area contributed by atoms with Crippen molar-refractivity contribution in [1.82, 2.24) is 10.2 Å². The summed E-state index contributed by atoms with van der Waals surface area (Å²) >= 11 is 0. The lowest BCUT2D eigenvalue weighted by Crippen LogP contribution is -2.42. The zero-order chi connectivity index (χ0) is 10.4. The van der Waals surface area contributed by atoms with Crippen molar-refractivity contribution in [1.29, 1.82) is 0 Å². The van der Waals surface area contributed by atoms with Crippen molar-refractivity contribution in [2.45, 2.75) is 26.3 Å². The van der Waals surface area contributed by atoms with Crippen LogP contribution in [0, 0.1) is 0 Å². The number of nitrogens with zero attached hydrogens (tertiary/aromatic N) is 1. The Kier molecular flexibility index (Phi) is 4.90. The zero-order valence-corrected chi connectivity index (χ0v) is 9.08. The van der Waals surface area contributed by atoms with E-state index in [0.717, 1.165) is 19.6 Å². The summed E-state index contributed by atoms with van der Waals surface area (Å²) in [6, 6.07) is 0.451. The zero-order valence-electron chi connectivity index (χ0n) is 9.08. The monoisotopic (exact) mass is 200 g/mol. The van der Waals surface area contributed by atoms with Crippen molar-refractivity contribution in [3.05, 3.63) is 0 Å². The summed E-state index contributed by atoms with van der Waals surface area (Å²) in [4.78, 5) is 13.5. The molecule has 0 aromatic rings. The first-order chi connectivity index (χ1) is 6.70. The highest BCUT2D eigenvalue weighted by Crippen LogP contribution is 1.99. The van der Waals surface area contributed by atoms with Gasteiger partial charge < -0.3 is 15.0 Å². The summed E-state index contributed by atoms with van der Waals surface area (Å²) in [6.45, 7) is 7.81. The van der Waals surface area contributed by atoms with Crippen LogP contribution in [0.1, 0.15) is 20.3 Å². The maximum absolute atomic E-state index is 11.6. The first-order valence-electron chi connectivity index (χ1n) is 5.29. The largest absolute Gasteiger partial charge is 0.378 e. The smallest absolute Gasteiger partial charge is 0.224 e.